The summed E-state index contributed by atoms with van der Waals surface area (Å²) >= 11 is 3.29. The number of anilines is 1. The quantitative estimate of drug-likeness (QED) is 0.500. The molecule has 0 radical (unpaired) electrons. The highest BCUT2D eigenvalue weighted by molar-refractivity contribution is 9.10. The molecule has 7 heteroatoms. The molecule has 0 saturated heterocycles. The van der Waals surface area contributed by atoms with Crippen LogP contribution in [0.4, 0.5) is 5.69 Å². The molecule has 0 aliphatic carbocycles. The number of nitrogens with one attached hydrogen (secondary N) is 2. The molecule has 22 heavy (non-hydrogen) atoms. The molecular weight excluding hydrogens is 348 g/mol. The lowest BCUT2D eigenvalue weighted by Gasteiger charge is -2.05. The second-order valence-corrected chi connectivity index (χ2v) is 5.25. The lowest BCUT2D eigenvalue weighted by Crippen LogP contribution is -2.32. The number of rotatable bonds is 3. The number of nitrogens with zero attached hydrogens (tertiary/aromatic N) is 2. The van der Waals surface area contributed by atoms with E-state index in [2.05, 4.69) is 36.8 Å². The van der Waals surface area contributed by atoms with Crippen LogP contribution in [0.5, 0.6) is 0 Å². The molecule has 6 nitrogen and oxygen atoms in total. The van der Waals surface area contributed by atoms with Gasteiger partial charge in [-0.2, -0.15) is 5.10 Å². The van der Waals surface area contributed by atoms with Crippen LogP contribution in [0.2, 0.25) is 0 Å². The zero-order valence-electron chi connectivity index (χ0n) is 11.7. The lowest BCUT2D eigenvalue weighted by atomic mass is 10.2. The predicted octanol–water partition coefficient (Wildman–Crippen LogP) is 2.32. The van der Waals surface area contributed by atoms with Crippen molar-refractivity contribution in [3.63, 3.8) is 0 Å². The molecule has 1 heterocycles. The van der Waals surface area contributed by atoms with Crippen LogP contribution in [0, 0.1) is 0 Å². The van der Waals surface area contributed by atoms with Crippen molar-refractivity contribution in [1.29, 1.82) is 0 Å². The monoisotopic (exact) mass is 360 g/mol. The Labute approximate surface area is 135 Å². The van der Waals surface area contributed by atoms with E-state index in [1.807, 2.05) is 0 Å². The van der Waals surface area contributed by atoms with E-state index in [1.54, 1.807) is 55.7 Å². The normalized spacial score (nSPS) is 10.9. The van der Waals surface area contributed by atoms with Crippen molar-refractivity contribution in [3.8, 4) is 0 Å². The highest BCUT2D eigenvalue weighted by atomic mass is 79.9. The van der Waals surface area contributed by atoms with E-state index >= 15 is 0 Å². The molecule has 0 bridgehead atoms. The Morgan fingerprint density at radius 1 is 1.05 bits per heavy atom. The van der Waals surface area contributed by atoms with Gasteiger partial charge in [0.1, 0.15) is 0 Å². The smallest absolute Gasteiger partial charge is 0.318 e. The highest BCUT2D eigenvalue weighted by Gasteiger charge is 2.13. The standard InChI is InChI=1S/C15H13BrN4O2/c1-10(11-6-8-17-9-7-11)19-20-15(22)14(21)18-13-4-2-12(16)3-5-13/h2-9H,1H3,(H,18,21)(H,20,22). The Morgan fingerprint density at radius 3 is 2.32 bits per heavy atom. The first-order chi connectivity index (χ1) is 10.6. The Bertz CT molecular complexity index is 699. The third-order valence-corrected chi connectivity index (χ3v) is 3.26. The minimum atomic E-state index is -0.837. The van der Waals surface area contributed by atoms with Gasteiger partial charge in [-0.05, 0) is 43.3 Å². The molecule has 2 aromatic rings. The number of hydrogen-bond acceptors (Lipinski definition) is 4. The number of carbonyl (C=O) groups is 2. The number of carbonyl (C=O) groups excluding carboxylic acids is 2. The molecule has 0 atom stereocenters. The fourth-order valence-electron chi connectivity index (χ4n) is 1.56. The molecule has 0 saturated carbocycles. The van der Waals surface area contributed by atoms with Crippen molar-refractivity contribution >= 4 is 39.1 Å². The SMILES string of the molecule is CC(=NNC(=O)C(=O)Nc1ccc(Br)cc1)c1ccncc1. The summed E-state index contributed by atoms with van der Waals surface area (Å²) in [5.74, 6) is -1.62. The summed E-state index contributed by atoms with van der Waals surface area (Å²) in [6.45, 7) is 1.72. The summed E-state index contributed by atoms with van der Waals surface area (Å²) in [7, 11) is 0. The summed E-state index contributed by atoms with van der Waals surface area (Å²) in [4.78, 5) is 27.3. The van der Waals surface area contributed by atoms with E-state index in [0.717, 1.165) is 10.0 Å². The van der Waals surface area contributed by atoms with Crippen LogP contribution < -0.4 is 10.7 Å². The summed E-state index contributed by atoms with van der Waals surface area (Å²) in [6, 6.07) is 10.4. The Balaban J connectivity index is 1.94. The molecule has 1 aromatic heterocycles. The van der Waals surface area contributed by atoms with E-state index in [4.69, 9.17) is 0 Å². The molecule has 2 N–H and O–H groups in total. The van der Waals surface area contributed by atoms with E-state index < -0.39 is 11.8 Å². The molecule has 0 aliphatic rings. The van der Waals surface area contributed by atoms with Gasteiger partial charge in [0.15, 0.2) is 0 Å². The lowest BCUT2D eigenvalue weighted by molar-refractivity contribution is -0.136. The Morgan fingerprint density at radius 2 is 1.68 bits per heavy atom. The summed E-state index contributed by atoms with van der Waals surface area (Å²) in [5, 5.41) is 6.37. The first kappa shape index (κ1) is 15.8. The minimum absolute atomic E-state index is 0.526. The zero-order valence-corrected chi connectivity index (χ0v) is 13.3. The Hall–Kier alpha value is -2.54. The molecule has 0 aliphatic heterocycles. The number of pyridine rings is 1. The first-order valence-electron chi connectivity index (χ1n) is 6.38. The van der Waals surface area contributed by atoms with Gasteiger partial charge in [0.25, 0.3) is 0 Å². The summed E-state index contributed by atoms with van der Waals surface area (Å²) in [6.07, 6.45) is 3.24. The third kappa shape index (κ3) is 4.49. The predicted molar refractivity (Wildman–Crippen MR) is 87.4 cm³/mol. The van der Waals surface area contributed by atoms with Gasteiger partial charge < -0.3 is 5.32 Å². The number of halogens is 1. The van der Waals surface area contributed by atoms with Crippen molar-refractivity contribution in [1.82, 2.24) is 10.4 Å². The van der Waals surface area contributed by atoms with E-state index in [-0.39, 0.29) is 0 Å². The van der Waals surface area contributed by atoms with Crippen molar-refractivity contribution in [2.45, 2.75) is 6.92 Å². The number of benzene rings is 1. The van der Waals surface area contributed by atoms with Gasteiger partial charge in [-0.15, -0.1) is 0 Å². The summed E-state index contributed by atoms with van der Waals surface area (Å²) in [5.41, 5.74) is 4.13. The molecule has 2 rings (SSSR count). The second-order valence-electron chi connectivity index (χ2n) is 4.34. The van der Waals surface area contributed by atoms with Crippen LogP contribution >= 0.6 is 15.9 Å². The topological polar surface area (TPSA) is 83.5 Å². The number of hydrogen-bond donors (Lipinski definition) is 2. The number of aromatic nitrogens is 1. The maximum Gasteiger partial charge on any atom is 0.329 e. The number of hydrazone groups is 1. The highest BCUT2D eigenvalue weighted by Crippen LogP contribution is 2.13. The average molecular weight is 361 g/mol. The average Bonchev–Trinajstić information content (AvgIpc) is 2.55. The van der Waals surface area contributed by atoms with Crippen LogP contribution in [0.25, 0.3) is 0 Å². The van der Waals surface area contributed by atoms with Gasteiger partial charge in [-0.1, -0.05) is 15.9 Å². The van der Waals surface area contributed by atoms with E-state index in [0.29, 0.717) is 11.4 Å². The van der Waals surface area contributed by atoms with Gasteiger partial charge in [0.2, 0.25) is 0 Å². The van der Waals surface area contributed by atoms with Crippen molar-refractivity contribution < 1.29 is 9.59 Å². The first-order valence-corrected chi connectivity index (χ1v) is 7.17. The Kier molecular flexibility index (Phi) is 5.37. The largest absolute Gasteiger partial charge is 0.329 e. The molecule has 1 aromatic carbocycles. The van der Waals surface area contributed by atoms with Gasteiger partial charge in [-0.3, -0.25) is 14.6 Å². The van der Waals surface area contributed by atoms with Crippen LogP contribution in [0.3, 0.4) is 0 Å². The van der Waals surface area contributed by atoms with E-state index in [1.165, 1.54) is 0 Å². The summed E-state index contributed by atoms with van der Waals surface area (Å²) < 4.78 is 0.882. The van der Waals surface area contributed by atoms with Crippen LogP contribution in [0.15, 0.2) is 58.4 Å². The fraction of sp³-hybridized carbons (Fsp3) is 0.0667. The van der Waals surface area contributed by atoms with Crippen molar-refractivity contribution in [3.05, 3.63) is 58.8 Å². The molecule has 0 unspecified atom stereocenters. The molecule has 0 spiro atoms. The molecule has 112 valence electrons. The van der Waals surface area contributed by atoms with Gasteiger partial charge in [0, 0.05) is 28.1 Å². The van der Waals surface area contributed by atoms with Crippen LogP contribution in [-0.2, 0) is 9.59 Å². The van der Waals surface area contributed by atoms with Gasteiger partial charge in [-0.25, -0.2) is 5.43 Å². The van der Waals surface area contributed by atoms with Crippen LogP contribution in [-0.4, -0.2) is 22.5 Å². The van der Waals surface area contributed by atoms with Gasteiger partial charge >= 0.3 is 11.8 Å². The molecular formula is C15H13BrN4O2. The molecule has 2 amide bonds. The van der Waals surface area contributed by atoms with E-state index in [9.17, 15) is 9.59 Å². The van der Waals surface area contributed by atoms with Crippen molar-refractivity contribution in [2.75, 3.05) is 5.32 Å². The van der Waals surface area contributed by atoms with Crippen LogP contribution in [0.1, 0.15) is 12.5 Å². The maximum absolute atomic E-state index is 11.7. The minimum Gasteiger partial charge on any atom is -0.318 e. The molecule has 0 fully saturated rings. The van der Waals surface area contributed by atoms with Gasteiger partial charge in [0.05, 0.1) is 5.71 Å². The number of amides is 2. The third-order valence-electron chi connectivity index (χ3n) is 2.73. The van der Waals surface area contributed by atoms with Crippen molar-refractivity contribution in [2.24, 2.45) is 5.10 Å². The zero-order chi connectivity index (χ0) is 15.9. The second kappa shape index (κ2) is 7.46. The fourth-order valence-corrected chi connectivity index (χ4v) is 1.83. The maximum atomic E-state index is 11.7.